The van der Waals surface area contributed by atoms with E-state index in [0.717, 1.165) is 28.8 Å². The molecular weight excluding hydrogens is 296 g/mol. The first-order chi connectivity index (χ1) is 9.74. The van der Waals surface area contributed by atoms with E-state index in [1.165, 1.54) is 4.88 Å². The van der Waals surface area contributed by atoms with Crippen LogP contribution in [0.2, 0.25) is 0 Å². The zero-order chi connectivity index (χ0) is 13.7. The second-order valence-corrected chi connectivity index (χ2v) is 7.12. The van der Waals surface area contributed by atoms with E-state index < -0.39 is 0 Å². The highest BCUT2D eigenvalue weighted by atomic mass is 32.2. The summed E-state index contributed by atoms with van der Waals surface area (Å²) >= 11 is 3.51. The van der Waals surface area contributed by atoms with Gasteiger partial charge in [0.2, 0.25) is 0 Å². The highest BCUT2D eigenvalue weighted by Crippen LogP contribution is 2.54. The van der Waals surface area contributed by atoms with Crippen LogP contribution in [-0.2, 0) is 9.47 Å². The normalized spacial score (nSPS) is 31.6. The summed E-state index contributed by atoms with van der Waals surface area (Å²) in [6, 6.07) is 0. The summed E-state index contributed by atoms with van der Waals surface area (Å²) in [6.07, 6.45) is 0.202. The highest BCUT2D eigenvalue weighted by molar-refractivity contribution is 8.00. The number of hydrogen-bond donors (Lipinski definition) is 0. The van der Waals surface area contributed by atoms with E-state index in [1.54, 1.807) is 11.3 Å². The zero-order valence-corrected chi connectivity index (χ0v) is 13.0. The van der Waals surface area contributed by atoms with Crippen molar-refractivity contribution in [2.45, 2.75) is 31.3 Å². The van der Waals surface area contributed by atoms with Crippen LogP contribution in [0.4, 0.5) is 0 Å². The van der Waals surface area contributed by atoms with Gasteiger partial charge in [-0.1, -0.05) is 0 Å². The van der Waals surface area contributed by atoms with Gasteiger partial charge in [0, 0.05) is 5.38 Å². The quantitative estimate of drug-likeness (QED) is 0.795. The first-order valence-electron chi connectivity index (χ1n) is 6.79. The molecular formula is C14H16O4S2. The lowest BCUT2D eigenvalue weighted by atomic mass is 10.2. The van der Waals surface area contributed by atoms with E-state index in [-0.39, 0.29) is 17.5 Å². The summed E-state index contributed by atoms with van der Waals surface area (Å²) in [5, 5.41) is 2.20. The summed E-state index contributed by atoms with van der Waals surface area (Å²) in [5.41, 5.74) is 0. The van der Waals surface area contributed by atoms with Crippen LogP contribution < -0.4 is 9.47 Å². The van der Waals surface area contributed by atoms with Gasteiger partial charge in [0.15, 0.2) is 17.3 Å². The van der Waals surface area contributed by atoms with E-state index in [2.05, 4.69) is 13.8 Å². The molecule has 3 unspecified atom stereocenters. The molecule has 0 saturated carbocycles. The van der Waals surface area contributed by atoms with Gasteiger partial charge < -0.3 is 18.9 Å². The molecule has 6 heteroatoms. The molecule has 0 spiro atoms. The van der Waals surface area contributed by atoms with Gasteiger partial charge in [-0.25, -0.2) is 0 Å². The second-order valence-electron chi connectivity index (χ2n) is 5.11. The van der Waals surface area contributed by atoms with Crippen molar-refractivity contribution in [1.82, 2.24) is 0 Å². The van der Waals surface area contributed by atoms with Crippen molar-refractivity contribution >= 4 is 23.1 Å². The minimum atomic E-state index is 0.0860. The third-order valence-electron chi connectivity index (χ3n) is 3.76. The standard InChI is InChI=1S/C14H16O4S2/c1-7-8(2)18-12-10(17-7)6-20-14(12)13-11-9(5-19-13)15-3-4-16-11/h5,7-8,14H,3-4,6H2,1-2H3. The van der Waals surface area contributed by atoms with Gasteiger partial charge >= 0.3 is 0 Å². The van der Waals surface area contributed by atoms with Gasteiger partial charge in [0.1, 0.15) is 36.4 Å². The molecule has 0 amide bonds. The Hall–Kier alpha value is -1.01. The van der Waals surface area contributed by atoms with E-state index in [9.17, 15) is 0 Å². The van der Waals surface area contributed by atoms with Crippen LogP contribution in [0.1, 0.15) is 24.0 Å². The SMILES string of the molecule is CC1OC2=C(OC1C)C(c1scc3c1OCCO3)SC2. The van der Waals surface area contributed by atoms with Crippen LogP contribution in [0, 0.1) is 0 Å². The number of thioether (sulfide) groups is 1. The van der Waals surface area contributed by atoms with Gasteiger partial charge in [0.05, 0.1) is 10.6 Å². The molecule has 0 fully saturated rings. The predicted octanol–water partition coefficient (Wildman–Crippen LogP) is 3.34. The maximum Gasteiger partial charge on any atom is 0.176 e. The zero-order valence-electron chi connectivity index (χ0n) is 11.4. The topological polar surface area (TPSA) is 36.9 Å². The Bertz CT molecular complexity index is 566. The molecule has 3 aliphatic heterocycles. The Morgan fingerprint density at radius 1 is 1.10 bits per heavy atom. The number of fused-ring (bicyclic) bond motifs is 1. The molecule has 0 aromatic carbocycles. The van der Waals surface area contributed by atoms with Gasteiger partial charge in [-0.3, -0.25) is 0 Å². The van der Waals surface area contributed by atoms with Crippen LogP contribution in [-0.4, -0.2) is 31.2 Å². The van der Waals surface area contributed by atoms with Crippen molar-refractivity contribution in [2.24, 2.45) is 0 Å². The Balaban J connectivity index is 1.68. The third kappa shape index (κ3) is 1.89. The molecule has 0 saturated heterocycles. The van der Waals surface area contributed by atoms with Crippen LogP contribution in [0.25, 0.3) is 0 Å². The number of thiophene rings is 1. The van der Waals surface area contributed by atoms with Crippen molar-refractivity contribution < 1.29 is 18.9 Å². The molecule has 4 heterocycles. The molecule has 1 aromatic rings. The van der Waals surface area contributed by atoms with Crippen LogP contribution in [0.5, 0.6) is 11.5 Å². The van der Waals surface area contributed by atoms with Crippen molar-refractivity contribution in [3.05, 3.63) is 21.8 Å². The number of hydrogen-bond acceptors (Lipinski definition) is 6. The Labute approximate surface area is 126 Å². The van der Waals surface area contributed by atoms with Crippen LogP contribution >= 0.6 is 23.1 Å². The van der Waals surface area contributed by atoms with Gasteiger partial charge in [-0.15, -0.1) is 23.1 Å². The lowest BCUT2D eigenvalue weighted by molar-refractivity contribution is -0.0441. The van der Waals surface area contributed by atoms with E-state index in [1.807, 2.05) is 17.1 Å². The van der Waals surface area contributed by atoms with Gasteiger partial charge in [-0.2, -0.15) is 0 Å². The molecule has 0 radical (unpaired) electrons. The molecule has 4 nitrogen and oxygen atoms in total. The maximum atomic E-state index is 6.09. The summed E-state index contributed by atoms with van der Waals surface area (Å²) in [5.74, 6) is 4.58. The fourth-order valence-electron chi connectivity index (χ4n) is 2.55. The molecule has 0 aliphatic carbocycles. The van der Waals surface area contributed by atoms with Crippen molar-refractivity contribution in [2.75, 3.05) is 19.0 Å². The molecule has 3 atom stereocenters. The van der Waals surface area contributed by atoms with E-state index >= 15 is 0 Å². The largest absolute Gasteiger partial charge is 0.487 e. The van der Waals surface area contributed by atoms with Crippen molar-refractivity contribution in [3.63, 3.8) is 0 Å². The fourth-order valence-corrected chi connectivity index (χ4v) is 4.95. The van der Waals surface area contributed by atoms with Gasteiger partial charge in [-0.05, 0) is 13.8 Å². The Morgan fingerprint density at radius 2 is 1.90 bits per heavy atom. The number of rotatable bonds is 1. The molecule has 4 rings (SSSR count). The first-order valence-corrected chi connectivity index (χ1v) is 8.72. The van der Waals surface area contributed by atoms with Crippen LogP contribution in [0.15, 0.2) is 16.9 Å². The summed E-state index contributed by atoms with van der Waals surface area (Å²) in [7, 11) is 0. The minimum absolute atomic E-state index is 0.0860. The predicted molar refractivity (Wildman–Crippen MR) is 78.6 cm³/mol. The lowest BCUT2D eigenvalue weighted by Crippen LogP contribution is -2.31. The molecule has 1 aromatic heterocycles. The third-order valence-corrected chi connectivity index (χ3v) is 6.13. The van der Waals surface area contributed by atoms with Crippen molar-refractivity contribution in [3.8, 4) is 11.5 Å². The first kappa shape index (κ1) is 12.7. The molecule has 0 bridgehead atoms. The molecule has 3 aliphatic rings. The Kier molecular flexibility index (Phi) is 3.03. The lowest BCUT2D eigenvalue weighted by Gasteiger charge is -2.30. The van der Waals surface area contributed by atoms with E-state index in [0.29, 0.717) is 13.2 Å². The summed E-state index contributed by atoms with van der Waals surface area (Å²) < 4.78 is 23.5. The minimum Gasteiger partial charge on any atom is -0.487 e. The molecule has 108 valence electrons. The van der Waals surface area contributed by atoms with Crippen LogP contribution in [0.3, 0.4) is 0 Å². The second kappa shape index (κ2) is 4.77. The van der Waals surface area contributed by atoms with Gasteiger partial charge in [0.25, 0.3) is 0 Å². The maximum absolute atomic E-state index is 6.09. The molecule has 0 N–H and O–H groups in total. The highest BCUT2D eigenvalue weighted by Gasteiger charge is 2.40. The van der Waals surface area contributed by atoms with Crippen molar-refractivity contribution in [1.29, 1.82) is 0 Å². The smallest absolute Gasteiger partial charge is 0.176 e. The Morgan fingerprint density at radius 3 is 2.80 bits per heavy atom. The summed E-state index contributed by atoms with van der Waals surface area (Å²) in [4.78, 5) is 1.18. The molecule has 20 heavy (non-hydrogen) atoms. The average Bonchev–Trinajstić information content (AvgIpc) is 3.03. The fraction of sp³-hybridized carbons (Fsp3) is 0.571. The average molecular weight is 312 g/mol. The summed E-state index contributed by atoms with van der Waals surface area (Å²) in [6.45, 7) is 5.35. The monoisotopic (exact) mass is 312 g/mol. The van der Waals surface area contributed by atoms with E-state index in [4.69, 9.17) is 18.9 Å². The number of ether oxygens (including phenoxy) is 4.